The van der Waals surface area contributed by atoms with Crippen LogP contribution in [0.15, 0.2) is 12.7 Å². The lowest BCUT2D eigenvalue weighted by Crippen LogP contribution is -2.26. The van der Waals surface area contributed by atoms with Crippen LogP contribution in [0.25, 0.3) is 0 Å². The number of hydrogen-bond acceptors (Lipinski definition) is 2. The van der Waals surface area contributed by atoms with Crippen molar-refractivity contribution in [2.75, 3.05) is 7.11 Å². The summed E-state index contributed by atoms with van der Waals surface area (Å²) in [7, 11) is 1.63. The average molecular weight is 170 g/mol. The molecule has 0 bridgehead atoms. The Morgan fingerprint density at radius 3 is 2.58 bits per heavy atom. The minimum absolute atomic E-state index is 0.238. The van der Waals surface area contributed by atoms with Crippen LogP contribution in [-0.2, 0) is 9.53 Å². The Labute approximate surface area is 74.6 Å². The normalized spacial score (nSPS) is 11.2. The predicted octanol–water partition coefficient (Wildman–Crippen LogP) is 2.34. The minimum atomic E-state index is -0.321. The molecule has 0 aliphatic carbocycles. The van der Waals surface area contributed by atoms with Gasteiger partial charge < -0.3 is 4.74 Å². The molecule has 0 N–H and O–H groups in total. The minimum Gasteiger partial charge on any atom is -0.378 e. The highest BCUT2D eigenvalue weighted by Crippen LogP contribution is 2.14. The first-order valence-electron chi connectivity index (χ1n) is 4.19. The molecule has 0 saturated carbocycles. The van der Waals surface area contributed by atoms with E-state index in [1.807, 2.05) is 13.8 Å². The van der Waals surface area contributed by atoms with Crippen LogP contribution in [0.5, 0.6) is 0 Å². The van der Waals surface area contributed by atoms with Crippen molar-refractivity contribution in [3.05, 3.63) is 12.7 Å². The second kappa shape index (κ2) is 5.09. The van der Waals surface area contributed by atoms with Gasteiger partial charge in [-0.15, -0.1) is 6.58 Å². The maximum atomic E-state index is 11.2. The van der Waals surface area contributed by atoms with Crippen LogP contribution < -0.4 is 0 Å². The lowest BCUT2D eigenvalue weighted by atomic mass is 9.99. The van der Waals surface area contributed by atoms with Crippen molar-refractivity contribution in [1.29, 1.82) is 0 Å². The molecule has 0 aromatic rings. The molecule has 2 heteroatoms. The molecule has 0 fully saturated rings. The molecule has 0 saturated heterocycles. The fourth-order valence-corrected chi connectivity index (χ4v) is 0.898. The zero-order chi connectivity index (χ0) is 9.61. The molecule has 0 radical (unpaired) electrons. The van der Waals surface area contributed by atoms with Gasteiger partial charge in [0.2, 0.25) is 0 Å². The fourth-order valence-electron chi connectivity index (χ4n) is 0.898. The van der Waals surface area contributed by atoms with Gasteiger partial charge in [-0.1, -0.05) is 6.08 Å². The van der Waals surface area contributed by atoms with Gasteiger partial charge in [-0.05, 0) is 20.3 Å². The van der Waals surface area contributed by atoms with Gasteiger partial charge in [0.25, 0.3) is 0 Å². The molecular weight excluding hydrogens is 152 g/mol. The molecule has 0 aromatic heterocycles. The van der Waals surface area contributed by atoms with Crippen LogP contribution in [0.4, 0.5) is 0 Å². The largest absolute Gasteiger partial charge is 0.378 e. The maximum absolute atomic E-state index is 11.2. The van der Waals surface area contributed by atoms with Crippen molar-refractivity contribution >= 4 is 5.78 Å². The molecule has 0 heterocycles. The molecule has 0 unspecified atom stereocenters. The Hall–Kier alpha value is -0.630. The SMILES string of the molecule is C=CCCC(=O)CC(C)(C)OC. The summed E-state index contributed by atoms with van der Waals surface area (Å²) in [5.74, 6) is 0.238. The van der Waals surface area contributed by atoms with Gasteiger partial charge in [0.15, 0.2) is 0 Å². The molecule has 0 atom stereocenters. The summed E-state index contributed by atoms with van der Waals surface area (Å²) in [5, 5.41) is 0. The van der Waals surface area contributed by atoms with E-state index in [2.05, 4.69) is 6.58 Å². The van der Waals surface area contributed by atoms with Crippen molar-refractivity contribution in [2.24, 2.45) is 0 Å². The Balaban J connectivity index is 3.75. The van der Waals surface area contributed by atoms with Gasteiger partial charge >= 0.3 is 0 Å². The molecule has 2 nitrogen and oxygen atoms in total. The smallest absolute Gasteiger partial charge is 0.136 e. The number of hydrogen-bond donors (Lipinski definition) is 0. The van der Waals surface area contributed by atoms with Crippen LogP contribution in [0, 0.1) is 0 Å². The second-order valence-corrected chi connectivity index (χ2v) is 3.51. The van der Waals surface area contributed by atoms with Crippen LogP contribution in [0.2, 0.25) is 0 Å². The monoisotopic (exact) mass is 170 g/mol. The van der Waals surface area contributed by atoms with E-state index in [0.717, 1.165) is 6.42 Å². The lowest BCUT2D eigenvalue weighted by molar-refractivity contribution is -0.123. The van der Waals surface area contributed by atoms with E-state index in [1.165, 1.54) is 0 Å². The van der Waals surface area contributed by atoms with E-state index >= 15 is 0 Å². The third-order valence-electron chi connectivity index (χ3n) is 1.80. The number of allylic oxidation sites excluding steroid dienone is 1. The van der Waals surface area contributed by atoms with Gasteiger partial charge in [-0.3, -0.25) is 4.79 Å². The lowest BCUT2D eigenvalue weighted by Gasteiger charge is -2.21. The summed E-state index contributed by atoms with van der Waals surface area (Å²) in [4.78, 5) is 11.2. The molecule has 0 aliphatic rings. The molecule has 0 amide bonds. The Morgan fingerprint density at radius 1 is 1.58 bits per heavy atom. The number of methoxy groups -OCH3 is 1. The number of Topliss-reactive ketones (excluding diaryl/α,β-unsaturated/α-hetero) is 1. The molecule has 0 aromatic carbocycles. The Bertz CT molecular complexity index is 159. The average Bonchev–Trinajstić information content (AvgIpc) is 2.00. The first-order valence-corrected chi connectivity index (χ1v) is 4.19. The van der Waals surface area contributed by atoms with Gasteiger partial charge in [0, 0.05) is 20.0 Å². The fraction of sp³-hybridized carbons (Fsp3) is 0.700. The van der Waals surface area contributed by atoms with E-state index in [9.17, 15) is 4.79 Å². The quantitative estimate of drug-likeness (QED) is 0.572. The van der Waals surface area contributed by atoms with E-state index in [1.54, 1.807) is 13.2 Å². The van der Waals surface area contributed by atoms with Gasteiger partial charge in [-0.25, -0.2) is 0 Å². The van der Waals surface area contributed by atoms with Crippen LogP contribution >= 0.6 is 0 Å². The van der Waals surface area contributed by atoms with E-state index < -0.39 is 0 Å². The molecular formula is C10H18O2. The zero-order valence-electron chi connectivity index (χ0n) is 8.22. The van der Waals surface area contributed by atoms with Crippen LogP contribution in [-0.4, -0.2) is 18.5 Å². The summed E-state index contributed by atoms with van der Waals surface area (Å²) in [6.07, 6.45) is 3.59. The van der Waals surface area contributed by atoms with E-state index in [0.29, 0.717) is 12.8 Å². The third-order valence-corrected chi connectivity index (χ3v) is 1.80. The highest BCUT2D eigenvalue weighted by molar-refractivity contribution is 5.79. The van der Waals surface area contributed by atoms with Gasteiger partial charge in [0.05, 0.1) is 5.60 Å². The Kier molecular flexibility index (Phi) is 4.83. The van der Waals surface area contributed by atoms with Crippen LogP contribution in [0.3, 0.4) is 0 Å². The number of rotatable bonds is 6. The first kappa shape index (κ1) is 11.4. The number of ether oxygens (including phenoxy) is 1. The number of ketones is 1. The van der Waals surface area contributed by atoms with E-state index in [-0.39, 0.29) is 11.4 Å². The Morgan fingerprint density at radius 2 is 2.17 bits per heavy atom. The summed E-state index contributed by atoms with van der Waals surface area (Å²) in [5.41, 5.74) is -0.321. The molecule has 0 spiro atoms. The third kappa shape index (κ3) is 5.08. The highest BCUT2D eigenvalue weighted by Gasteiger charge is 2.19. The van der Waals surface area contributed by atoms with Gasteiger partial charge in [-0.2, -0.15) is 0 Å². The van der Waals surface area contributed by atoms with Crippen molar-refractivity contribution in [1.82, 2.24) is 0 Å². The summed E-state index contributed by atoms with van der Waals surface area (Å²) >= 11 is 0. The molecule has 0 aliphatic heterocycles. The topological polar surface area (TPSA) is 26.3 Å². The van der Waals surface area contributed by atoms with Crippen molar-refractivity contribution in [2.45, 2.75) is 38.7 Å². The zero-order valence-corrected chi connectivity index (χ0v) is 8.22. The maximum Gasteiger partial charge on any atom is 0.136 e. The second-order valence-electron chi connectivity index (χ2n) is 3.51. The standard InChI is InChI=1S/C10H18O2/c1-5-6-7-9(11)8-10(2,3)12-4/h5H,1,6-8H2,2-4H3. The number of carbonyl (C=O) groups excluding carboxylic acids is 1. The molecule has 12 heavy (non-hydrogen) atoms. The van der Waals surface area contributed by atoms with Crippen molar-refractivity contribution in [3.8, 4) is 0 Å². The van der Waals surface area contributed by atoms with Gasteiger partial charge in [0.1, 0.15) is 5.78 Å². The van der Waals surface area contributed by atoms with Crippen molar-refractivity contribution in [3.63, 3.8) is 0 Å². The van der Waals surface area contributed by atoms with Crippen molar-refractivity contribution < 1.29 is 9.53 Å². The first-order chi connectivity index (χ1) is 5.52. The van der Waals surface area contributed by atoms with E-state index in [4.69, 9.17) is 4.74 Å². The predicted molar refractivity (Wildman–Crippen MR) is 50.1 cm³/mol. The molecule has 70 valence electrons. The summed E-state index contributed by atoms with van der Waals surface area (Å²) in [6.45, 7) is 7.40. The summed E-state index contributed by atoms with van der Waals surface area (Å²) in [6, 6.07) is 0. The van der Waals surface area contributed by atoms with Crippen LogP contribution in [0.1, 0.15) is 33.1 Å². The molecule has 0 rings (SSSR count). The highest BCUT2D eigenvalue weighted by atomic mass is 16.5. The number of carbonyl (C=O) groups is 1. The summed E-state index contributed by atoms with van der Waals surface area (Å²) < 4.78 is 5.14.